The fourth-order valence-corrected chi connectivity index (χ4v) is 2.90. The van der Waals surface area contributed by atoms with Crippen molar-refractivity contribution in [3.8, 4) is 5.75 Å². The third kappa shape index (κ3) is 4.80. The summed E-state index contributed by atoms with van der Waals surface area (Å²) in [4.78, 5) is 4.10. The molecule has 1 atom stereocenters. The van der Waals surface area contributed by atoms with Crippen LogP contribution in [0.3, 0.4) is 0 Å². The maximum atomic E-state index is 5.53. The first-order valence-corrected chi connectivity index (χ1v) is 8.92. The van der Waals surface area contributed by atoms with Gasteiger partial charge in [-0.2, -0.15) is 0 Å². The van der Waals surface area contributed by atoms with E-state index in [-0.39, 0.29) is 6.04 Å². The topological polar surface area (TPSA) is 46.2 Å². The van der Waals surface area contributed by atoms with Crippen LogP contribution in [0.4, 0.5) is 5.69 Å². The summed E-state index contributed by atoms with van der Waals surface area (Å²) in [6.07, 6.45) is 3.58. The molecule has 1 heterocycles. The Balaban J connectivity index is 1.73. The molecule has 3 rings (SSSR count). The van der Waals surface area contributed by atoms with Gasteiger partial charge in [-0.3, -0.25) is 4.98 Å². The summed E-state index contributed by atoms with van der Waals surface area (Å²) in [5, 5.41) is 7.18. The zero-order valence-electron chi connectivity index (χ0n) is 14.6. The van der Waals surface area contributed by atoms with E-state index in [1.54, 1.807) is 12.4 Å². The van der Waals surface area contributed by atoms with Crippen LogP contribution in [-0.2, 0) is 0 Å². The van der Waals surface area contributed by atoms with E-state index in [0.717, 1.165) is 22.6 Å². The van der Waals surface area contributed by atoms with E-state index < -0.39 is 0 Å². The van der Waals surface area contributed by atoms with E-state index >= 15 is 0 Å². The monoisotopic (exact) mass is 363 g/mol. The second-order valence-electron chi connectivity index (χ2n) is 5.68. The van der Waals surface area contributed by atoms with Gasteiger partial charge < -0.3 is 15.4 Å². The van der Waals surface area contributed by atoms with Crippen LogP contribution in [-0.4, -0.2) is 16.7 Å². The third-order valence-electron chi connectivity index (χ3n) is 3.87. The molecule has 0 fully saturated rings. The summed E-state index contributed by atoms with van der Waals surface area (Å²) < 4.78 is 5.46. The number of benzene rings is 2. The standard InChI is InChI=1S/C21H21N3OS/c1-2-25-19-10-8-18(9-11-19)23-21(26)24-20(16-6-4-3-5-7-16)17-12-14-22-15-13-17/h3-15,20H,2H2,1H3,(H2,23,24,26)/t20-/m0/s1. The summed E-state index contributed by atoms with van der Waals surface area (Å²) >= 11 is 5.53. The van der Waals surface area contributed by atoms with Crippen molar-refractivity contribution >= 4 is 23.0 Å². The molecule has 4 nitrogen and oxygen atoms in total. The summed E-state index contributed by atoms with van der Waals surface area (Å²) in [5.41, 5.74) is 3.14. The number of ether oxygens (including phenoxy) is 1. The highest BCUT2D eigenvalue weighted by atomic mass is 32.1. The predicted molar refractivity (Wildman–Crippen MR) is 109 cm³/mol. The van der Waals surface area contributed by atoms with Crippen molar-refractivity contribution < 1.29 is 4.74 Å². The van der Waals surface area contributed by atoms with Gasteiger partial charge in [0.2, 0.25) is 0 Å². The summed E-state index contributed by atoms with van der Waals surface area (Å²) in [5.74, 6) is 0.843. The van der Waals surface area contributed by atoms with Gasteiger partial charge in [0, 0.05) is 18.1 Å². The van der Waals surface area contributed by atoms with Crippen LogP contribution in [0.15, 0.2) is 79.1 Å². The zero-order chi connectivity index (χ0) is 18.2. The number of pyridine rings is 1. The summed E-state index contributed by atoms with van der Waals surface area (Å²) in [6.45, 7) is 2.62. The lowest BCUT2D eigenvalue weighted by Crippen LogP contribution is -2.33. The molecule has 0 aliphatic carbocycles. The molecule has 0 radical (unpaired) electrons. The largest absolute Gasteiger partial charge is 0.494 e. The number of aromatic nitrogens is 1. The van der Waals surface area contributed by atoms with E-state index in [0.29, 0.717) is 11.7 Å². The Labute approximate surface area is 159 Å². The Kier molecular flexibility index (Phi) is 6.17. The maximum absolute atomic E-state index is 5.53. The Morgan fingerprint density at radius 1 is 0.962 bits per heavy atom. The fourth-order valence-electron chi connectivity index (χ4n) is 2.66. The van der Waals surface area contributed by atoms with Crippen LogP contribution in [0.1, 0.15) is 24.1 Å². The molecule has 2 aromatic carbocycles. The van der Waals surface area contributed by atoms with Crippen molar-refractivity contribution in [2.45, 2.75) is 13.0 Å². The fraction of sp³-hybridized carbons (Fsp3) is 0.143. The molecule has 0 aliphatic heterocycles. The minimum Gasteiger partial charge on any atom is -0.494 e. The zero-order valence-corrected chi connectivity index (χ0v) is 15.4. The molecule has 0 aliphatic rings. The molecule has 0 unspecified atom stereocenters. The van der Waals surface area contributed by atoms with Gasteiger partial charge in [0.05, 0.1) is 12.6 Å². The number of hydrogen-bond donors (Lipinski definition) is 2. The molecule has 26 heavy (non-hydrogen) atoms. The first-order valence-electron chi connectivity index (χ1n) is 8.51. The highest BCUT2D eigenvalue weighted by Gasteiger charge is 2.15. The Morgan fingerprint density at radius 3 is 2.27 bits per heavy atom. The van der Waals surface area contributed by atoms with Gasteiger partial charge in [-0.1, -0.05) is 30.3 Å². The Morgan fingerprint density at radius 2 is 1.62 bits per heavy atom. The third-order valence-corrected chi connectivity index (χ3v) is 4.09. The average molecular weight is 363 g/mol. The van der Waals surface area contributed by atoms with Crippen LogP contribution in [0.25, 0.3) is 0 Å². The van der Waals surface area contributed by atoms with Gasteiger partial charge in [-0.15, -0.1) is 0 Å². The minimum absolute atomic E-state index is 0.0538. The lowest BCUT2D eigenvalue weighted by atomic mass is 10.00. The van der Waals surface area contributed by atoms with Crippen molar-refractivity contribution in [3.63, 3.8) is 0 Å². The Bertz CT molecular complexity index is 783. The predicted octanol–water partition coefficient (Wildman–Crippen LogP) is 4.56. The molecule has 0 bridgehead atoms. The molecule has 0 saturated heterocycles. The number of nitrogens with one attached hydrogen (secondary N) is 2. The SMILES string of the molecule is CCOc1ccc(NC(=S)N[C@@H](c2ccccc2)c2ccncc2)cc1. The van der Waals surface area contributed by atoms with Crippen LogP contribution in [0.5, 0.6) is 5.75 Å². The summed E-state index contributed by atoms with van der Waals surface area (Å²) in [7, 11) is 0. The molecule has 5 heteroatoms. The van der Waals surface area contributed by atoms with Crippen LogP contribution >= 0.6 is 12.2 Å². The van der Waals surface area contributed by atoms with Crippen LogP contribution in [0, 0.1) is 0 Å². The molecule has 2 N–H and O–H groups in total. The second kappa shape index (κ2) is 8.97. The van der Waals surface area contributed by atoms with Gasteiger partial charge in [0.15, 0.2) is 5.11 Å². The summed E-state index contributed by atoms with van der Waals surface area (Å²) in [6, 6.07) is 21.9. The Hall–Kier alpha value is -2.92. The molecule has 1 aromatic heterocycles. The van der Waals surface area contributed by atoms with E-state index in [4.69, 9.17) is 17.0 Å². The van der Waals surface area contributed by atoms with Crippen molar-refractivity contribution in [1.82, 2.24) is 10.3 Å². The molecular weight excluding hydrogens is 342 g/mol. The molecular formula is C21H21N3OS. The minimum atomic E-state index is -0.0538. The maximum Gasteiger partial charge on any atom is 0.171 e. The van der Waals surface area contributed by atoms with Crippen LogP contribution < -0.4 is 15.4 Å². The highest BCUT2D eigenvalue weighted by molar-refractivity contribution is 7.80. The van der Waals surface area contributed by atoms with E-state index in [1.165, 1.54) is 0 Å². The number of rotatable bonds is 6. The smallest absolute Gasteiger partial charge is 0.171 e. The lowest BCUT2D eigenvalue weighted by molar-refractivity contribution is 0.340. The quantitative estimate of drug-likeness (QED) is 0.629. The first kappa shape index (κ1) is 17.9. The lowest BCUT2D eigenvalue weighted by Gasteiger charge is -2.22. The van der Waals surface area contributed by atoms with E-state index in [2.05, 4.69) is 27.8 Å². The number of nitrogens with zero attached hydrogens (tertiary/aromatic N) is 1. The van der Waals surface area contributed by atoms with E-state index in [1.807, 2.05) is 61.5 Å². The molecule has 0 amide bonds. The highest BCUT2D eigenvalue weighted by Crippen LogP contribution is 2.22. The van der Waals surface area contributed by atoms with Crippen molar-refractivity contribution in [3.05, 3.63) is 90.3 Å². The van der Waals surface area contributed by atoms with Crippen LogP contribution in [0.2, 0.25) is 0 Å². The number of anilines is 1. The average Bonchev–Trinajstić information content (AvgIpc) is 2.69. The van der Waals surface area contributed by atoms with Crippen molar-refractivity contribution in [2.24, 2.45) is 0 Å². The van der Waals surface area contributed by atoms with Gasteiger partial charge in [-0.25, -0.2) is 0 Å². The normalized spacial score (nSPS) is 11.4. The van der Waals surface area contributed by atoms with Crippen molar-refractivity contribution in [1.29, 1.82) is 0 Å². The first-order chi connectivity index (χ1) is 12.8. The second-order valence-corrected chi connectivity index (χ2v) is 6.09. The van der Waals surface area contributed by atoms with E-state index in [9.17, 15) is 0 Å². The number of hydrogen-bond acceptors (Lipinski definition) is 3. The molecule has 0 spiro atoms. The van der Waals surface area contributed by atoms with Gasteiger partial charge in [-0.05, 0) is 66.7 Å². The van der Waals surface area contributed by atoms with Gasteiger partial charge in [0.25, 0.3) is 0 Å². The van der Waals surface area contributed by atoms with Gasteiger partial charge >= 0.3 is 0 Å². The van der Waals surface area contributed by atoms with Crippen molar-refractivity contribution in [2.75, 3.05) is 11.9 Å². The molecule has 132 valence electrons. The molecule has 0 saturated carbocycles. The number of thiocarbonyl (C=S) groups is 1. The molecule has 3 aromatic rings. The van der Waals surface area contributed by atoms with Gasteiger partial charge in [0.1, 0.15) is 5.75 Å².